The van der Waals surface area contributed by atoms with Gasteiger partial charge in [-0.15, -0.1) is 0 Å². The van der Waals surface area contributed by atoms with Crippen molar-refractivity contribution in [3.05, 3.63) is 29.0 Å². The Balaban J connectivity index is 2.54. The lowest BCUT2D eigenvalue weighted by atomic mass is 10.0. The second kappa shape index (κ2) is 6.40. The molecule has 0 bridgehead atoms. The second-order valence-corrected chi connectivity index (χ2v) is 5.41. The minimum absolute atomic E-state index is 0.336. The van der Waals surface area contributed by atoms with Crippen LogP contribution in [0.4, 0.5) is 0 Å². The SMILES string of the molecule is CCCC(CN)c1nc2cc(Cl)ccc2n1CCC. The van der Waals surface area contributed by atoms with E-state index in [1.54, 1.807) is 0 Å². The fourth-order valence-electron chi connectivity index (χ4n) is 2.59. The van der Waals surface area contributed by atoms with E-state index in [9.17, 15) is 0 Å². The second-order valence-electron chi connectivity index (χ2n) is 4.98. The number of rotatable bonds is 6. The number of halogens is 1. The lowest BCUT2D eigenvalue weighted by molar-refractivity contribution is 0.544. The molecule has 2 rings (SSSR count). The van der Waals surface area contributed by atoms with Gasteiger partial charge in [-0.1, -0.05) is 31.9 Å². The average Bonchev–Trinajstić information content (AvgIpc) is 2.74. The van der Waals surface area contributed by atoms with Crippen molar-refractivity contribution < 1.29 is 0 Å². The van der Waals surface area contributed by atoms with Gasteiger partial charge in [-0.2, -0.15) is 0 Å². The summed E-state index contributed by atoms with van der Waals surface area (Å²) in [5.74, 6) is 1.45. The maximum absolute atomic E-state index is 6.06. The number of nitrogens with two attached hydrogens (primary N) is 1. The molecule has 0 radical (unpaired) electrons. The minimum Gasteiger partial charge on any atom is -0.330 e. The van der Waals surface area contributed by atoms with Gasteiger partial charge in [-0.05, 0) is 31.0 Å². The summed E-state index contributed by atoms with van der Waals surface area (Å²) in [5, 5.41) is 0.736. The molecule has 1 aromatic heterocycles. The van der Waals surface area contributed by atoms with Crippen LogP contribution in [0, 0.1) is 0 Å². The minimum atomic E-state index is 0.336. The molecular weight excluding hydrogens is 258 g/mol. The summed E-state index contributed by atoms with van der Waals surface area (Å²) in [6.07, 6.45) is 3.29. The number of aryl methyl sites for hydroxylation is 1. The highest BCUT2D eigenvalue weighted by Crippen LogP contribution is 2.27. The monoisotopic (exact) mass is 279 g/mol. The molecule has 1 heterocycles. The molecule has 1 aromatic carbocycles. The third-order valence-corrected chi connectivity index (χ3v) is 3.71. The van der Waals surface area contributed by atoms with Crippen LogP contribution in [-0.2, 0) is 6.54 Å². The van der Waals surface area contributed by atoms with Crippen molar-refractivity contribution in [2.24, 2.45) is 5.73 Å². The highest BCUT2D eigenvalue weighted by atomic mass is 35.5. The number of nitrogens with zero attached hydrogens (tertiary/aromatic N) is 2. The molecule has 104 valence electrons. The molecule has 2 aromatic rings. The lowest BCUT2D eigenvalue weighted by Crippen LogP contribution is -2.17. The normalized spacial score (nSPS) is 13.1. The third-order valence-electron chi connectivity index (χ3n) is 3.47. The van der Waals surface area contributed by atoms with Gasteiger partial charge >= 0.3 is 0 Å². The van der Waals surface area contributed by atoms with E-state index in [1.165, 1.54) is 0 Å². The smallest absolute Gasteiger partial charge is 0.114 e. The molecule has 1 unspecified atom stereocenters. The first-order valence-corrected chi connectivity index (χ1v) is 7.44. The molecule has 0 amide bonds. The summed E-state index contributed by atoms with van der Waals surface area (Å²) >= 11 is 6.06. The van der Waals surface area contributed by atoms with Crippen molar-refractivity contribution >= 4 is 22.6 Å². The number of aromatic nitrogens is 2. The van der Waals surface area contributed by atoms with Crippen molar-refractivity contribution in [2.45, 2.75) is 45.6 Å². The topological polar surface area (TPSA) is 43.8 Å². The van der Waals surface area contributed by atoms with Crippen LogP contribution in [0.25, 0.3) is 11.0 Å². The predicted octanol–water partition coefficient (Wildman–Crippen LogP) is 3.94. The Morgan fingerprint density at radius 3 is 2.74 bits per heavy atom. The summed E-state index contributed by atoms with van der Waals surface area (Å²) in [4.78, 5) is 4.78. The molecule has 3 nitrogen and oxygen atoms in total. The Morgan fingerprint density at radius 2 is 2.11 bits per heavy atom. The van der Waals surface area contributed by atoms with E-state index < -0.39 is 0 Å². The molecule has 0 saturated heterocycles. The van der Waals surface area contributed by atoms with Crippen LogP contribution in [0.3, 0.4) is 0 Å². The van der Waals surface area contributed by atoms with E-state index >= 15 is 0 Å². The van der Waals surface area contributed by atoms with Gasteiger partial charge in [0.25, 0.3) is 0 Å². The van der Waals surface area contributed by atoms with E-state index in [4.69, 9.17) is 22.3 Å². The number of benzene rings is 1. The van der Waals surface area contributed by atoms with Gasteiger partial charge in [-0.25, -0.2) is 4.98 Å². The van der Waals surface area contributed by atoms with Crippen molar-refractivity contribution in [3.63, 3.8) is 0 Å². The fourth-order valence-corrected chi connectivity index (χ4v) is 2.76. The standard InChI is InChI=1S/C15H22ClN3/c1-3-5-11(10-17)15-18-13-9-12(16)6-7-14(13)19(15)8-4-2/h6-7,9,11H,3-5,8,10,17H2,1-2H3. The zero-order chi connectivity index (χ0) is 13.8. The predicted molar refractivity (Wildman–Crippen MR) is 81.7 cm³/mol. The van der Waals surface area contributed by atoms with E-state index in [1.807, 2.05) is 12.1 Å². The molecule has 0 aliphatic heterocycles. The Morgan fingerprint density at radius 1 is 1.32 bits per heavy atom. The summed E-state index contributed by atoms with van der Waals surface area (Å²) < 4.78 is 2.30. The largest absolute Gasteiger partial charge is 0.330 e. The molecule has 19 heavy (non-hydrogen) atoms. The van der Waals surface area contributed by atoms with Gasteiger partial charge in [0.1, 0.15) is 5.82 Å². The number of hydrogen-bond acceptors (Lipinski definition) is 2. The highest BCUT2D eigenvalue weighted by molar-refractivity contribution is 6.31. The maximum atomic E-state index is 6.06. The van der Waals surface area contributed by atoms with Gasteiger partial charge in [0.2, 0.25) is 0 Å². The summed E-state index contributed by atoms with van der Waals surface area (Å²) in [7, 11) is 0. The van der Waals surface area contributed by atoms with Crippen LogP contribution >= 0.6 is 11.6 Å². The highest BCUT2D eigenvalue weighted by Gasteiger charge is 2.18. The molecule has 0 saturated carbocycles. The van der Waals surface area contributed by atoms with E-state index in [2.05, 4.69) is 24.5 Å². The number of hydrogen-bond donors (Lipinski definition) is 1. The Labute approximate surface area is 119 Å². The van der Waals surface area contributed by atoms with Crippen LogP contribution in [0.2, 0.25) is 5.02 Å². The molecule has 0 spiro atoms. The van der Waals surface area contributed by atoms with Crippen LogP contribution in [0.15, 0.2) is 18.2 Å². The van der Waals surface area contributed by atoms with Crippen molar-refractivity contribution in [3.8, 4) is 0 Å². The quantitative estimate of drug-likeness (QED) is 0.870. The van der Waals surface area contributed by atoms with Gasteiger partial charge in [-0.3, -0.25) is 0 Å². The molecule has 0 aliphatic carbocycles. The Bertz CT molecular complexity index is 548. The molecule has 0 fully saturated rings. The fraction of sp³-hybridized carbons (Fsp3) is 0.533. The number of imidazole rings is 1. The number of fused-ring (bicyclic) bond motifs is 1. The summed E-state index contributed by atoms with van der Waals surface area (Å²) in [6.45, 7) is 6.00. The van der Waals surface area contributed by atoms with Gasteiger partial charge in [0, 0.05) is 24.0 Å². The van der Waals surface area contributed by atoms with Crippen molar-refractivity contribution in [1.29, 1.82) is 0 Å². The van der Waals surface area contributed by atoms with Crippen LogP contribution in [-0.4, -0.2) is 16.1 Å². The first-order valence-electron chi connectivity index (χ1n) is 7.07. The zero-order valence-electron chi connectivity index (χ0n) is 11.7. The van der Waals surface area contributed by atoms with Crippen molar-refractivity contribution in [2.75, 3.05) is 6.54 Å². The summed E-state index contributed by atoms with van der Waals surface area (Å²) in [5.41, 5.74) is 8.07. The van der Waals surface area contributed by atoms with Gasteiger partial charge in [0.15, 0.2) is 0 Å². The Kier molecular flexibility index (Phi) is 4.83. The molecule has 2 N–H and O–H groups in total. The van der Waals surface area contributed by atoms with Crippen LogP contribution < -0.4 is 5.73 Å². The van der Waals surface area contributed by atoms with Crippen LogP contribution in [0.1, 0.15) is 44.9 Å². The van der Waals surface area contributed by atoms with Gasteiger partial charge < -0.3 is 10.3 Å². The zero-order valence-corrected chi connectivity index (χ0v) is 12.5. The first kappa shape index (κ1) is 14.4. The molecular formula is C15H22ClN3. The first-order chi connectivity index (χ1) is 9.21. The molecule has 0 aliphatic rings. The van der Waals surface area contributed by atoms with Gasteiger partial charge in [0.05, 0.1) is 11.0 Å². The summed E-state index contributed by atoms with van der Waals surface area (Å²) in [6, 6.07) is 5.92. The average molecular weight is 280 g/mol. The molecule has 1 atom stereocenters. The lowest BCUT2D eigenvalue weighted by Gasteiger charge is -2.15. The van der Waals surface area contributed by atoms with Crippen molar-refractivity contribution in [1.82, 2.24) is 9.55 Å². The van der Waals surface area contributed by atoms with E-state index in [0.29, 0.717) is 12.5 Å². The third kappa shape index (κ3) is 2.93. The van der Waals surface area contributed by atoms with E-state index in [-0.39, 0.29) is 0 Å². The van der Waals surface area contributed by atoms with E-state index in [0.717, 1.165) is 47.7 Å². The Hall–Kier alpha value is -1.06. The maximum Gasteiger partial charge on any atom is 0.114 e. The molecule has 4 heteroatoms. The van der Waals surface area contributed by atoms with Crippen LogP contribution in [0.5, 0.6) is 0 Å².